The summed E-state index contributed by atoms with van der Waals surface area (Å²) in [6.45, 7) is 4.17. The lowest BCUT2D eigenvalue weighted by molar-refractivity contribution is -0.786. The Bertz CT molecular complexity index is 926. The fraction of sp³-hybridized carbons (Fsp3) is 0.296. The molecule has 1 N–H and O–H groups in total. The predicted octanol–water partition coefficient (Wildman–Crippen LogP) is 4.17. The molecule has 1 atom stereocenters. The molecule has 0 bridgehead atoms. The van der Waals surface area contributed by atoms with Crippen LogP contribution in [0.4, 0.5) is 11.4 Å². The van der Waals surface area contributed by atoms with Crippen LogP contribution >= 0.6 is 0 Å². The largest absolute Gasteiger partial charge is 0.378 e. The molecule has 0 saturated heterocycles. The van der Waals surface area contributed by atoms with E-state index in [1.54, 1.807) is 0 Å². The van der Waals surface area contributed by atoms with Gasteiger partial charge in [0.2, 0.25) is 0 Å². The first-order valence-electron chi connectivity index (χ1n) is 10.8. The van der Waals surface area contributed by atoms with Crippen LogP contribution in [0.5, 0.6) is 0 Å². The summed E-state index contributed by atoms with van der Waals surface area (Å²) in [6.07, 6.45) is 0. The SMILES string of the molecule is CC(C)N(C(=O)c1ccccc1)C(c1ccc(N(C)C)cc1)c1ccc([NH+](C)C)cc1. The first-order chi connectivity index (χ1) is 14.8. The summed E-state index contributed by atoms with van der Waals surface area (Å²) in [5, 5.41) is 0. The van der Waals surface area contributed by atoms with E-state index in [0.29, 0.717) is 5.56 Å². The van der Waals surface area contributed by atoms with Gasteiger partial charge in [0.15, 0.2) is 0 Å². The van der Waals surface area contributed by atoms with Gasteiger partial charge in [0.1, 0.15) is 5.69 Å². The van der Waals surface area contributed by atoms with Crippen molar-refractivity contribution in [1.82, 2.24) is 4.90 Å². The van der Waals surface area contributed by atoms with Crippen LogP contribution in [0.2, 0.25) is 0 Å². The Hall–Kier alpha value is -3.11. The van der Waals surface area contributed by atoms with Gasteiger partial charge < -0.3 is 14.7 Å². The molecule has 4 heteroatoms. The molecule has 0 fully saturated rings. The third kappa shape index (κ3) is 5.15. The number of rotatable bonds is 7. The van der Waals surface area contributed by atoms with Gasteiger partial charge in [-0.2, -0.15) is 0 Å². The molecule has 162 valence electrons. The average Bonchev–Trinajstić information content (AvgIpc) is 2.77. The van der Waals surface area contributed by atoms with Gasteiger partial charge in [-0.1, -0.05) is 42.5 Å². The Morgan fingerprint density at radius 1 is 0.774 bits per heavy atom. The van der Waals surface area contributed by atoms with Crippen molar-refractivity contribution in [2.45, 2.75) is 25.9 Å². The van der Waals surface area contributed by atoms with Gasteiger partial charge in [0.25, 0.3) is 5.91 Å². The highest BCUT2D eigenvalue weighted by Gasteiger charge is 2.30. The lowest BCUT2D eigenvalue weighted by atomic mass is 9.94. The maximum Gasteiger partial charge on any atom is 0.254 e. The van der Waals surface area contributed by atoms with Crippen molar-refractivity contribution in [3.05, 3.63) is 95.6 Å². The summed E-state index contributed by atoms with van der Waals surface area (Å²) < 4.78 is 0. The standard InChI is InChI=1S/C27H33N3O/c1-20(2)30(27(31)23-10-8-7-9-11-23)26(21-12-16-24(17-13-21)28(3)4)22-14-18-25(19-15-22)29(5)6/h7-20,26H,1-6H3/p+1. The van der Waals surface area contributed by atoms with Gasteiger partial charge in [0, 0.05) is 31.4 Å². The second kappa shape index (κ2) is 9.80. The molecule has 1 amide bonds. The van der Waals surface area contributed by atoms with Crippen LogP contribution in [0.15, 0.2) is 78.9 Å². The van der Waals surface area contributed by atoms with E-state index >= 15 is 0 Å². The Kier molecular flexibility index (Phi) is 7.13. The third-order valence-electron chi connectivity index (χ3n) is 5.62. The van der Waals surface area contributed by atoms with Crippen LogP contribution in [-0.4, -0.2) is 45.0 Å². The first kappa shape index (κ1) is 22.6. The van der Waals surface area contributed by atoms with Crippen LogP contribution in [0.3, 0.4) is 0 Å². The summed E-state index contributed by atoms with van der Waals surface area (Å²) in [4.78, 5) is 19.0. The predicted molar refractivity (Wildman–Crippen MR) is 129 cm³/mol. The lowest BCUT2D eigenvalue weighted by Crippen LogP contribution is -3.00. The lowest BCUT2D eigenvalue weighted by Gasteiger charge is -2.36. The summed E-state index contributed by atoms with van der Waals surface area (Å²) in [5.74, 6) is 0.0413. The van der Waals surface area contributed by atoms with E-state index in [1.807, 2.05) is 49.3 Å². The highest BCUT2D eigenvalue weighted by molar-refractivity contribution is 5.95. The van der Waals surface area contributed by atoms with Crippen LogP contribution in [0, 0.1) is 0 Å². The first-order valence-corrected chi connectivity index (χ1v) is 10.8. The van der Waals surface area contributed by atoms with E-state index in [2.05, 4.69) is 81.4 Å². The molecule has 0 aliphatic carbocycles. The molecule has 0 aliphatic heterocycles. The van der Waals surface area contributed by atoms with E-state index in [0.717, 1.165) is 16.8 Å². The monoisotopic (exact) mass is 416 g/mol. The highest BCUT2D eigenvalue weighted by Crippen LogP contribution is 2.33. The van der Waals surface area contributed by atoms with Crippen molar-refractivity contribution in [2.75, 3.05) is 33.1 Å². The van der Waals surface area contributed by atoms with Crippen LogP contribution in [-0.2, 0) is 0 Å². The maximum atomic E-state index is 13.6. The van der Waals surface area contributed by atoms with E-state index < -0.39 is 0 Å². The summed E-state index contributed by atoms with van der Waals surface area (Å²) in [5.41, 5.74) is 5.28. The molecule has 3 rings (SSSR count). The van der Waals surface area contributed by atoms with Gasteiger partial charge >= 0.3 is 0 Å². The number of amides is 1. The van der Waals surface area contributed by atoms with Gasteiger partial charge in [-0.25, -0.2) is 0 Å². The minimum atomic E-state index is -0.171. The number of quaternary nitrogens is 1. The Morgan fingerprint density at radius 2 is 1.29 bits per heavy atom. The smallest absolute Gasteiger partial charge is 0.254 e. The van der Waals surface area contributed by atoms with Crippen molar-refractivity contribution in [3.8, 4) is 0 Å². The van der Waals surface area contributed by atoms with Crippen molar-refractivity contribution in [3.63, 3.8) is 0 Å². The molecule has 1 unspecified atom stereocenters. The zero-order valence-corrected chi connectivity index (χ0v) is 19.5. The van der Waals surface area contributed by atoms with E-state index in [4.69, 9.17) is 0 Å². The van der Waals surface area contributed by atoms with Gasteiger partial charge in [0.05, 0.1) is 20.1 Å². The molecule has 0 spiro atoms. The Labute approximate surface area is 186 Å². The normalized spacial score (nSPS) is 12.1. The molecular weight excluding hydrogens is 382 g/mol. The minimum Gasteiger partial charge on any atom is -0.378 e. The molecule has 3 aromatic carbocycles. The number of nitrogens with zero attached hydrogens (tertiary/aromatic N) is 2. The number of benzene rings is 3. The van der Waals surface area contributed by atoms with E-state index in [9.17, 15) is 4.79 Å². The Morgan fingerprint density at radius 3 is 1.74 bits per heavy atom. The fourth-order valence-corrected chi connectivity index (χ4v) is 3.85. The molecule has 0 saturated carbocycles. The van der Waals surface area contributed by atoms with Crippen LogP contribution in [0.1, 0.15) is 41.4 Å². The number of carbonyl (C=O) groups excluding carboxylic acids is 1. The second-order valence-electron chi connectivity index (χ2n) is 8.68. The minimum absolute atomic E-state index is 0.0328. The fourth-order valence-electron chi connectivity index (χ4n) is 3.85. The van der Waals surface area contributed by atoms with Crippen molar-refractivity contribution < 1.29 is 9.69 Å². The van der Waals surface area contributed by atoms with E-state index in [-0.39, 0.29) is 18.0 Å². The van der Waals surface area contributed by atoms with Gasteiger partial charge in [-0.05, 0) is 61.4 Å². The average molecular weight is 417 g/mol. The van der Waals surface area contributed by atoms with Gasteiger partial charge in [-0.3, -0.25) is 4.79 Å². The molecular formula is C27H34N3O+. The molecule has 31 heavy (non-hydrogen) atoms. The number of nitrogens with one attached hydrogen (secondary N) is 1. The summed E-state index contributed by atoms with van der Waals surface area (Å²) >= 11 is 0. The van der Waals surface area contributed by atoms with E-state index in [1.165, 1.54) is 10.6 Å². The van der Waals surface area contributed by atoms with Crippen LogP contribution in [0.25, 0.3) is 0 Å². The molecule has 0 radical (unpaired) electrons. The van der Waals surface area contributed by atoms with Crippen molar-refractivity contribution >= 4 is 17.3 Å². The molecule has 4 nitrogen and oxygen atoms in total. The van der Waals surface area contributed by atoms with Gasteiger partial charge in [-0.15, -0.1) is 0 Å². The van der Waals surface area contributed by atoms with Crippen molar-refractivity contribution in [1.29, 1.82) is 0 Å². The molecule has 0 aliphatic rings. The molecule has 0 aromatic heterocycles. The van der Waals surface area contributed by atoms with Crippen molar-refractivity contribution in [2.24, 2.45) is 0 Å². The zero-order valence-electron chi connectivity index (χ0n) is 19.5. The Balaban J connectivity index is 2.11. The zero-order chi connectivity index (χ0) is 22.5. The number of anilines is 1. The quantitative estimate of drug-likeness (QED) is 0.626. The topological polar surface area (TPSA) is 28.0 Å². The number of hydrogen-bond donors (Lipinski definition) is 1. The van der Waals surface area contributed by atoms with Crippen LogP contribution < -0.4 is 9.80 Å². The molecule has 3 aromatic rings. The molecule has 0 heterocycles. The number of hydrogen-bond acceptors (Lipinski definition) is 2. The maximum absolute atomic E-state index is 13.6. The third-order valence-corrected chi connectivity index (χ3v) is 5.62. The summed E-state index contributed by atoms with van der Waals surface area (Å²) in [7, 11) is 8.31. The number of carbonyl (C=O) groups is 1. The second-order valence-corrected chi connectivity index (χ2v) is 8.68. The highest BCUT2D eigenvalue weighted by atomic mass is 16.2. The summed E-state index contributed by atoms with van der Waals surface area (Å²) in [6, 6.07) is 26.5.